The van der Waals surface area contributed by atoms with Gasteiger partial charge in [0.2, 0.25) is 0 Å². The van der Waals surface area contributed by atoms with Gasteiger partial charge in [0.15, 0.2) is 0 Å². The summed E-state index contributed by atoms with van der Waals surface area (Å²) in [5.74, 6) is 1.27. The number of aromatic amines is 2. The molecule has 0 bridgehead atoms. The Labute approximate surface area is 198 Å². The fourth-order valence-corrected chi connectivity index (χ4v) is 4.58. The SMILES string of the molecule is CN(c1cc[nH]c(=O)c1-c1nc2c(Br)cc(C3=NCCN3)cc2[nH]1)C(O)Cc1ccccc1. The molecule has 0 aliphatic carbocycles. The van der Waals surface area contributed by atoms with Crippen LogP contribution in [0.25, 0.3) is 22.4 Å². The standard InChI is InChI=1S/C24H23BrN6O2/c1-31(19(32)11-14-5-3-2-4-6-14)18-7-8-28-24(33)20(18)23-29-17-13-15(22-26-9-10-27-22)12-16(25)21(17)30-23/h2-8,12-13,19,32H,9-11H2,1H3,(H,26,27)(H,28,33)(H,29,30). The molecule has 0 spiro atoms. The number of benzene rings is 2. The van der Waals surface area contributed by atoms with E-state index in [0.29, 0.717) is 29.0 Å². The lowest BCUT2D eigenvalue weighted by Gasteiger charge is -2.27. The fourth-order valence-electron chi connectivity index (χ4n) is 4.03. The van der Waals surface area contributed by atoms with Crippen molar-refractivity contribution in [2.75, 3.05) is 25.0 Å². The average molecular weight is 507 g/mol. The molecule has 2 aromatic heterocycles. The van der Waals surface area contributed by atoms with Gasteiger partial charge in [-0.25, -0.2) is 4.98 Å². The highest BCUT2D eigenvalue weighted by atomic mass is 79.9. The Kier molecular flexibility index (Phi) is 5.74. The molecule has 1 aliphatic rings. The van der Waals surface area contributed by atoms with Gasteiger partial charge in [-0.15, -0.1) is 0 Å². The molecule has 33 heavy (non-hydrogen) atoms. The maximum Gasteiger partial charge on any atom is 0.261 e. The number of imidazole rings is 1. The molecule has 1 aliphatic heterocycles. The van der Waals surface area contributed by atoms with E-state index < -0.39 is 6.23 Å². The summed E-state index contributed by atoms with van der Waals surface area (Å²) in [5, 5.41) is 14.2. The van der Waals surface area contributed by atoms with Crippen LogP contribution in [0.3, 0.4) is 0 Å². The van der Waals surface area contributed by atoms with Crippen LogP contribution in [0.1, 0.15) is 11.1 Å². The van der Waals surface area contributed by atoms with Crippen molar-refractivity contribution in [3.63, 3.8) is 0 Å². The van der Waals surface area contributed by atoms with Crippen molar-refractivity contribution < 1.29 is 5.11 Å². The summed E-state index contributed by atoms with van der Waals surface area (Å²) in [6.07, 6.45) is 1.18. The third-order valence-corrected chi connectivity index (χ3v) is 6.36. The first-order chi connectivity index (χ1) is 16.0. The molecule has 0 amide bonds. The molecule has 0 radical (unpaired) electrons. The van der Waals surface area contributed by atoms with Gasteiger partial charge in [0.25, 0.3) is 5.56 Å². The number of amidine groups is 1. The number of H-pyrrole nitrogens is 2. The molecule has 8 nitrogen and oxygen atoms in total. The van der Waals surface area contributed by atoms with Crippen LogP contribution in [0, 0.1) is 0 Å². The maximum atomic E-state index is 12.9. The van der Waals surface area contributed by atoms with Crippen molar-refractivity contribution in [1.29, 1.82) is 0 Å². The van der Waals surface area contributed by atoms with E-state index >= 15 is 0 Å². The molecule has 4 aromatic rings. The Bertz CT molecular complexity index is 1400. The molecular weight excluding hydrogens is 484 g/mol. The van der Waals surface area contributed by atoms with Crippen LogP contribution in [0.4, 0.5) is 5.69 Å². The van der Waals surface area contributed by atoms with Gasteiger partial charge >= 0.3 is 0 Å². The zero-order valence-electron chi connectivity index (χ0n) is 18.0. The molecular formula is C24H23BrN6O2. The minimum Gasteiger partial charge on any atom is -0.373 e. The third-order valence-electron chi connectivity index (χ3n) is 5.75. The van der Waals surface area contributed by atoms with Crippen molar-refractivity contribution in [3.05, 3.63) is 80.7 Å². The van der Waals surface area contributed by atoms with Crippen molar-refractivity contribution in [3.8, 4) is 11.4 Å². The highest BCUT2D eigenvalue weighted by Gasteiger charge is 2.22. The topological polar surface area (TPSA) is 109 Å². The number of hydrogen-bond donors (Lipinski definition) is 4. The molecule has 168 valence electrons. The number of hydrogen-bond acceptors (Lipinski definition) is 6. The molecule has 1 unspecified atom stereocenters. The molecule has 1 atom stereocenters. The Balaban J connectivity index is 1.54. The number of nitrogens with one attached hydrogen (secondary N) is 3. The zero-order valence-corrected chi connectivity index (χ0v) is 19.6. The van der Waals surface area contributed by atoms with Crippen LogP contribution < -0.4 is 15.8 Å². The van der Waals surface area contributed by atoms with E-state index in [4.69, 9.17) is 4.98 Å². The Morgan fingerprint density at radius 3 is 2.79 bits per heavy atom. The number of aliphatic hydroxyl groups excluding tert-OH is 1. The quantitative estimate of drug-likeness (QED) is 0.300. The minimum absolute atomic E-state index is 0.288. The van der Waals surface area contributed by atoms with Crippen molar-refractivity contribution in [2.45, 2.75) is 12.6 Å². The second-order valence-corrected chi connectivity index (χ2v) is 8.80. The summed E-state index contributed by atoms with van der Waals surface area (Å²) in [6, 6.07) is 15.5. The number of pyridine rings is 1. The van der Waals surface area contributed by atoms with Gasteiger partial charge in [-0.1, -0.05) is 30.3 Å². The van der Waals surface area contributed by atoms with Gasteiger partial charge in [0, 0.05) is 36.2 Å². The molecule has 0 fully saturated rings. The smallest absolute Gasteiger partial charge is 0.261 e. The van der Waals surface area contributed by atoms with Gasteiger partial charge in [-0.3, -0.25) is 9.79 Å². The predicted molar refractivity (Wildman–Crippen MR) is 134 cm³/mol. The van der Waals surface area contributed by atoms with E-state index in [1.54, 1.807) is 24.2 Å². The van der Waals surface area contributed by atoms with E-state index in [1.165, 1.54) is 0 Å². The number of anilines is 1. The van der Waals surface area contributed by atoms with Gasteiger partial charge in [0.1, 0.15) is 29.0 Å². The predicted octanol–water partition coefficient (Wildman–Crippen LogP) is 3.03. The van der Waals surface area contributed by atoms with Crippen LogP contribution in [-0.4, -0.2) is 52.3 Å². The first-order valence-electron chi connectivity index (χ1n) is 10.7. The average Bonchev–Trinajstić information content (AvgIpc) is 3.49. The number of aromatic nitrogens is 3. The van der Waals surface area contributed by atoms with Gasteiger partial charge in [-0.2, -0.15) is 0 Å². The maximum absolute atomic E-state index is 12.9. The van der Waals surface area contributed by atoms with Crippen LogP contribution in [0.15, 0.2) is 69.0 Å². The second kappa shape index (κ2) is 8.84. The molecule has 0 saturated carbocycles. The largest absolute Gasteiger partial charge is 0.373 e. The van der Waals surface area contributed by atoms with Crippen LogP contribution >= 0.6 is 15.9 Å². The number of aliphatic imine (C=N–C) groups is 1. The number of aliphatic hydroxyl groups is 1. The summed E-state index contributed by atoms with van der Waals surface area (Å²) >= 11 is 3.61. The fraction of sp³-hybridized carbons (Fsp3) is 0.208. The Morgan fingerprint density at radius 2 is 2.03 bits per heavy atom. The Morgan fingerprint density at radius 1 is 1.21 bits per heavy atom. The normalized spacial score (nSPS) is 14.2. The highest BCUT2D eigenvalue weighted by Crippen LogP contribution is 2.31. The van der Waals surface area contributed by atoms with Crippen LogP contribution in [0.2, 0.25) is 0 Å². The van der Waals surface area contributed by atoms with Crippen LogP contribution in [0.5, 0.6) is 0 Å². The van der Waals surface area contributed by atoms with Crippen molar-refractivity contribution in [2.24, 2.45) is 4.99 Å². The lowest BCUT2D eigenvalue weighted by atomic mass is 10.1. The second-order valence-electron chi connectivity index (χ2n) is 7.95. The van der Waals surface area contributed by atoms with E-state index in [1.807, 2.05) is 42.5 Å². The van der Waals surface area contributed by atoms with E-state index in [0.717, 1.165) is 40.0 Å². The Hall–Kier alpha value is -3.43. The minimum atomic E-state index is -0.817. The molecule has 4 N–H and O–H groups in total. The van der Waals surface area contributed by atoms with Gasteiger partial charge in [-0.05, 0) is 39.7 Å². The van der Waals surface area contributed by atoms with Crippen molar-refractivity contribution in [1.82, 2.24) is 20.3 Å². The number of nitrogens with zero attached hydrogens (tertiary/aromatic N) is 3. The molecule has 2 aromatic carbocycles. The molecule has 3 heterocycles. The molecule has 0 saturated heterocycles. The number of rotatable bonds is 6. The summed E-state index contributed by atoms with van der Waals surface area (Å²) < 4.78 is 0.806. The number of halogens is 1. The first kappa shape index (κ1) is 21.4. The van der Waals surface area contributed by atoms with Crippen molar-refractivity contribution >= 4 is 38.5 Å². The summed E-state index contributed by atoms with van der Waals surface area (Å²) in [6.45, 7) is 1.57. The first-order valence-corrected chi connectivity index (χ1v) is 11.5. The summed E-state index contributed by atoms with van der Waals surface area (Å²) in [7, 11) is 1.77. The molecule has 9 heteroatoms. The number of likely N-dealkylation sites (N-methyl/N-ethyl adjacent to an activating group) is 1. The zero-order chi connectivity index (χ0) is 22.9. The summed E-state index contributed by atoms with van der Waals surface area (Å²) in [4.78, 5) is 29.8. The third kappa shape index (κ3) is 4.17. The number of fused-ring (bicyclic) bond motifs is 1. The lowest BCUT2D eigenvalue weighted by Crippen LogP contribution is -2.34. The van der Waals surface area contributed by atoms with E-state index in [-0.39, 0.29) is 5.56 Å². The van der Waals surface area contributed by atoms with E-state index in [2.05, 4.69) is 36.2 Å². The lowest BCUT2D eigenvalue weighted by molar-refractivity contribution is 0.175. The van der Waals surface area contributed by atoms with E-state index in [9.17, 15) is 9.90 Å². The van der Waals surface area contributed by atoms with Gasteiger partial charge < -0.3 is 25.3 Å². The summed E-state index contributed by atoms with van der Waals surface area (Å²) in [5.41, 5.74) is 4.11. The molecule has 5 rings (SSSR count). The monoisotopic (exact) mass is 506 g/mol. The van der Waals surface area contributed by atoms with Gasteiger partial charge in [0.05, 0.1) is 17.7 Å². The highest BCUT2D eigenvalue weighted by molar-refractivity contribution is 9.10. The van der Waals surface area contributed by atoms with Crippen LogP contribution in [-0.2, 0) is 6.42 Å².